The summed E-state index contributed by atoms with van der Waals surface area (Å²) in [5.41, 5.74) is -0.590. The van der Waals surface area contributed by atoms with Gasteiger partial charge in [0.05, 0.1) is 0 Å². The molecule has 0 heterocycles. The maximum atomic E-state index is 12.1. The van der Waals surface area contributed by atoms with Gasteiger partial charge < -0.3 is 5.21 Å². The van der Waals surface area contributed by atoms with Crippen LogP contribution in [-0.4, -0.2) is 30.8 Å². The minimum atomic E-state index is -5.13. The minimum Gasteiger partial charge on any atom is -0.594 e. The Balaban J connectivity index is 2.76. The Morgan fingerprint density at radius 1 is 0.870 bits per heavy atom. The fourth-order valence-corrected chi connectivity index (χ4v) is 3.72. The molecule has 0 aliphatic rings. The molecule has 0 amide bonds. The van der Waals surface area contributed by atoms with E-state index in [1.54, 1.807) is 18.2 Å². The molecule has 0 bridgehead atoms. The molecule has 2 rings (SSSR count). The summed E-state index contributed by atoms with van der Waals surface area (Å²) in [4.78, 5) is -2.54. The zero-order valence-electron chi connectivity index (χ0n) is 11.3. The van der Waals surface area contributed by atoms with Crippen LogP contribution in [0.4, 0.5) is 11.4 Å². The molecule has 2 N–H and O–H groups in total. The summed E-state index contributed by atoms with van der Waals surface area (Å²) in [5.74, 6) is 0. The van der Waals surface area contributed by atoms with E-state index in [0.717, 1.165) is 18.2 Å². The average Bonchev–Trinajstić information content (AvgIpc) is 2.45. The van der Waals surface area contributed by atoms with E-state index in [-0.39, 0.29) is 10.5 Å². The van der Waals surface area contributed by atoms with Crippen LogP contribution in [0.25, 0.3) is 0 Å². The van der Waals surface area contributed by atoms with Gasteiger partial charge in [-0.2, -0.15) is 16.8 Å². The Morgan fingerprint density at radius 2 is 1.48 bits per heavy atom. The first-order valence-electron chi connectivity index (χ1n) is 5.92. The van der Waals surface area contributed by atoms with Crippen molar-refractivity contribution in [3.8, 4) is 0 Å². The van der Waals surface area contributed by atoms with Gasteiger partial charge in [-0.1, -0.05) is 24.3 Å². The molecule has 0 spiro atoms. The van der Waals surface area contributed by atoms with Gasteiger partial charge in [0.1, 0.15) is 10.6 Å². The van der Waals surface area contributed by atoms with Crippen LogP contribution < -0.4 is 0 Å². The van der Waals surface area contributed by atoms with E-state index < -0.39 is 35.7 Å². The molecule has 0 atom stereocenters. The largest absolute Gasteiger partial charge is 0.594 e. The molecule has 0 aliphatic heterocycles. The van der Waals surface area contributed by atoms with Gasteiger partial charge in [-0.05, 0) is 23.1 Å². The molecule has 9 nitrogen and oxygen atoms in total. The van der Waals surface area contributed by atoms with Gasteiger partial charge in [-0.15, -0.1) is 0 Å². The van der Waals surface area contributed by atoms with Crippen LogP contribution in [0, 0.1) is 5.21 Å². The molecule has 23 heavy (non-hydrogen) atoms. The Bertz CT molecular complexity index is 968. The van der Waals surface area contributed by atoms with Crippen LogP contribution >= 0.6 is 0 Å². The first-order chi connectivity index (χ1) is 10.6. The van der Waals surface area contributed by atoms with Crippen LogP contribution in [0.2, 0.25) is 0 Å². The highest BCUT2D eigenvalue weighted by molar-refractivity contribution is 7.89. The van der Waals surface area contributed by atoms with E-state index in [1.807, 2.05) is 0 Å². The van der Waals surface area contributed by atoms with Gasteiger partial charge in [-0.25, -0.2) is 0 Å². The van der Waals surface area contributed by atoms with E-state index >= 15 is 0 Å². The standard InChI is InChI=1S/C12H10N2O7S2/c15-14(13-9-5-2-1-3-6-9)10-7-4-8-11(22(16,17)18)12(10)23(19,20)21/h1-8H,(H,16,17,18)(H,19,20,21). The topological polar surface area (TPSA) is 147 Å². The van der Waals surface area contributed by atoms with E-state index in [0.29, 0.717) is 0 Å². The fraction of sp³-hybridized carbons (Fsp3) is 0. The number of nitrogens with zero attached hydrogens (tertiary/aromatic N) is 2. The quantitative estimate of drug-likeness (QED) is 0.368. The molecule has 0 saturated carbocycles. The lowest BCUT2D eigenvalue weighted by molar-refractivity contribution is -0.438. The summed E-state index contributed by atoms with van der Waals surface area (Å²) in [6.45, 7) is 0. The lowest BCUT2D eigenvalue weighted by atomic mass is 10.3. The summed E-state index contributed by atoms with van der Waals surface area (Å²) in [6, 6.07) is 10.4. The van der Waals surface area contributed by atoms with Gasteiger partial charge in [-0.3, -0.25) is 9.11 Å². The summed E-state index contributed by atoms with van der Waals surface area (Å²) in [7, 11) is -10.1. The summed E-state index contributed by atoms with van der Waals surface area (Å²) in [6.07, 6.45) is 0. The molecule has 122 valence electrons. The number of benzene rings is 2. The maximum Gasteiger partial charge on any atom is 0.302 e. The molecule has 0 unspecified atom stereocenters. The summed E-state index contributed by atoms with van der Waals surface area (Å²) in [5, 5.41) is 15.6. The van der Waals surface area contributed by atoms with E-state index in [1.165, 1.54) is 12.1 Å². The van der Waals surface area contributed by atoms with Crippen LogP contribution in [-0.2, 0) is 20.2 Å². The van der Waals surface area contributed by atoms with Crippen LogP contribution in [0.1, 0.15) is 0 Å². The first-order valence-corrected chi connectivity index (χ1v) is 8.80. The second-order valence-corrected chi connectivity index (χ2v) is 7.01. The summed E-state index contributed by atoms with van der Waals surface area (Å²) < 4.78 is 63.7. The van der Waals surface area contributed by atoms with E-state index in [4.69, 9.17) is 4.55 Å². The minimum absolute atomic E-state index is 0.160. The second kappa shape index (κ2) is 6.04. The predicted molar refractivity (Wildman–Crippen MR) is 77.9 cm³/mol. The van der Waals surface area contributed by atoms with E-state index in [2.05, 4.69) is 5.11 Å². The van der Waals surface area contributed by atoms with Crippen molar-refractivity contribution < 1.29 is 30.8 Å². The predicted octanol–water partition coefficient (Wildman–Crippen LogP) is 2.11. The highest BCUT2D eigenvalue weighted by atomic mass is 32.2. The normalized spacial score (nSPS) is 13.0. The third kappa shape index (κ3) is 3.90. The summed E-state index contributed by atoms with van der Waals surface area (Å²) >= 11 is 0. The SMILES string of the molecule is O=S(=O)(O)c1cccc([N+]([O-])=Nc2ccccc2)c1S(=O)(=O)O. The van der Waals surface area contributed by atoms with Crippen molar-refractivity contribution in [3.05, 3.63) is 53.7 Å². The fourth-order valence-electron chi connectivity index (χ4n) is 1.77. The number of azo groups is 1. The van der Waals surface area contributed by atoms with Crippen LogP contribution in [0.15, 0.2) is 63.4 Å². The monoisotopic (exact) mass is 358 g/mol. The zero-order valence-corrected chi connectivity index (χ0v) is 12.9. The third-order valence-corrected chi connectivity index (χ3v) is 4.63. The van der Waals surface area contributed by atoms with Crippen molar-refractivity contribution >= 4 is 31.6 Å². The lowest BCUT2D eigenvalue weighted by Crippen LogP contribution is -2.11. The van der Waals surface area contributed by atoms with Crippen molar-refractivity contribution in [3.63, 3.8) is 0 Å². The second-order valence-electron chi connectivity index (χ2n) is 4.26. The Morgan fingerprint density at radius 3 is 2.00 bits per heavy atom. The van der Waals surface area contributed by atoms with Crippen LogP contribution in [0.3, 0.4) is 0 Å². The molecule has 0 fully saturated rings. The van der Waals surface area contributed by atoms with Crippen molar-refractivity contribution in [2.45, 2.75) is 9.79 Å². The Hall–Kier alpha value is -2.34. The van der Waals surface area contributed by atoms with Gasteiger partial charge in [0.2, 0.25) is 0 Å². The molecular formula is C12H10N2O7S2. The number of hydrogen-bond donors (Lipinski definition) is 2. The molecule has 2 aromatic rings. The lowest BCUT2D eigenvalue weighted by Gasteiger charge is -2.07. The molecule has 0 radical (unpaired) electrons. The molecule has 11 heteroatoms. The van der Waals surface area contributed by atoms with Crippen molar-refractivity contribution in [1.29, 1.82) is 0 Å². The first kappa shape index (κ1) is 17.0. The van der Waals surface area contributed by atoms with Crippen molar-refractivity contribution in [1.82, 2.24) is 0 Å². The van der Waals surface area contributed by atoms with Crippen molar-refractivity contribution in [2.75, 3.05) is 0 Å². The molecule has 0 aromatic heterocycles. The average molecular weight is 358 g/mol. The number of rotatable bonds is 4. The highest BCUT2D eigenvalue weighted by Gasteiger charge is 2.32. The third-order valence-electron chi connectivity index (χ3n) is 2.66. The highest BCUT2D eigenvalue weighted by Crippen LogP contribution is 2.31. The zero-order chi connectivity index (χ0) is 17.3. The Labute approximate surface area is 131 Å². The maximum absolute atomic E-state index is 12.1. The van der Waals surface area contributed by atoms with Gasteiger partial charge >= 0.3 is 10.1 Å². The van der Waals surface area contributed by atoms with Crippen molar-refractivity contribution in [2.24, 2.45) is 5.11 Å². The molecule has 0 saturated heterocycles. The smallest absolute Gasteiger partial charge is 0.302 e. The van der Waals surface area contributed by atoms with Gasteiger partial charge in [0.25, 0.3) is 15.8 Å². The van der Waals surface area contributed by atoms with E-state index in [9.17, 15) is 26.6 Å². The van der Waals surface area contributed by atoms with Gasteiger partial charge in [0.15, 0.2) is 4.90 Å². The molecule has 0 aliphatic carbocycles. The van der Waals surface area contributed by atoms with Gasteiger partial charge in [0, 0.05) is 11.2 Å². The molecule has 2 aromatic carbocycles. The molecular weight excluding hydrogens is 348 g/mol. The Kier molecular flexibility index (Phi) is 4.47. The van der Waals surface area contributed by atoms with Crippen LogP contribution in [0.5, 0.6) is 0 Å². The number of hydrogen-bond acceptors (Lipinski definition) is 6.